The molecule has 2 aromatic heterocycles. The molecule has 1 aromatic carbocycles. The van der Waals surface area contributed by atoms with Crippen LogP contribution in [0.15, 0.2) is 36.4 Å². The van der Waals surface area contributed by atoms with Gasteiger partial charge in [-0.05, 0) is 36.6 Å². The number of nitrogens with zero attached hydrogens (tertiary/aromatic N) is 4. The summed E-state index contributed by atoms with van der Waals surface area (Å²) in [7, 11) is 0. The number of fused-ring (bicyclic) bond motifs is 1. The summed E-state index contributed by atoms with van der Waals surface area (Å²) >= 11 is 6.35. The van der Waals surface area contributed by atoms with Gasteiger partial charge in [-0.3, -0.25) is 0 Å². The van der Waals surface area contributed by atoms with E-state index in [0.717, 1.165) is 34.4 Å². The van der Waals surface area contributed by atoms with Crippen molar-refractivity contribution in [3.63, 3.8) is 0 Å². The molecule has 4 rings (SSSR count). The summed E-state index contributed by atoms with van der Waals surface area (Å²) in [6, 6.07) is 11.9. The van der Waals surface area contributed by atoms with E-state index in [9.17, 15) is 0 Å². The van der Waals surface area contributed by atoms with Gasteiger partial charge in [0.05, 0.1) is 0 Å². The summed E-state index contributed by atoms with van der Waals surface area (Å²) in [5.41, 5.74) is 1.82. The largest absolute Gasteiger partial charge is 0.368 e. The van der Waals surface area contributed by atoms with Crippen LogP contribution in [0.5, 0.6) is 0 Å². The van der Waals surface area contributed by atoms with Crippen molar-refractivity contribution in [2.24, 2.45) is 0 Å². The third kappa shape index (κ3) is 2.84. The molecule has 0 spiro atoms. The molecule has 0 atom stereocenters. The summed E-state index contributed by atoms with van der Waals surface area (Å²) < 4.78 is 1.86. The van der Waals surface area contributed by atoms with Gasteiger partial charge in [0.2, 0.25) is 0 Å². The van der Waals surface area contributed by atoms with Crippen LogP contribution >= 0.6 is 11.6 Å². The van der Waals surface area contributed by atoms with Crippen molar-refractivity contribution in [3.8, 4) is 0 Å². The number of aromatic nitrogens is 4. The molecule has 1 aliphatic rings. The Morgan fingerprint density at radius 2 is 1.96 bits per heavy atom. The fourth-order valence-corrected chi connectivity index (χ4v) is 3.30. The highest BCUT2D eigenvalue weighted by atomic mass is 35.5. The first-order valence-electron chi connectivity index (χ1n) is 8.26. The molecule has 2 heterocycles. The van der Waals surface area contributed by atoms with Crippen molar-refractivity contribution < 1.29 is 0 Å². The van der Waals surface area contributed by atoms with E-state index in [-0.39, 0.29) is 5.41 Å². The van der Waals surface area contributed by atoms with E-state index in [1.165, 1.54) is 12.8 Å². The van der Waals surface area contributed by atoms with Gasteiger partial charge in [0, 0.05) is 22.9 Å². The lowest BCUT2D eigenvalue weighted by Crippen LogP contribution is -2.28. The summed E-state index contributed by atoms with van der Waals surface area (Å²) in [4.78, 5) is 0. The minimum atomic E-state index is -0.110. The summed E-state index contributed by atoms with van der Waals surface area (Å²) in [5, 5.41) is 17.4. The summed E-state index contributed by atoms with van der Waals surface area (Å²) in [6.07, 6.45) is 2.36. The molecule has 6 heteroatoms. The van der Waals surface area contributed by atoms with Gasteiger partial charge in [-0.1, -0.05) is 43.6 Å². The minimum Gasteiger partial charge on any atom is -0.368 e. The first-order valence-corrected chi connectivity index (χ1v) is 8.64. The molecule has 1 saturated carbocycles. The van der Waals surface area contributed by atoms with E-state index >= 15 is 0 Å². The molecular formula is C18H20ClN5. The fraction of sp³-hybridized carbons (Fsp3) is 0.389. The van der Waals surface area contributed by atoms with Gasteiger partial charge >= 0.3 is 0 Å². The molecular weight excluding hydrogens is 322 g/mol. The van der Waals surface area contributed by atoms with Crippen LogP contribution < -0.4 is 5.32 Å². The van der Waals surface area contributed by atoms with Crippen LogP contribution in [0, 0.1) is 0 Å². The van der Waals surface area contributed by atoms with Crippen LogP contribution in [-0.2, 0) is 5.41 Å². The Bertz CT molecular complexity index is 882. The van der Waals surface area contributed by atoms with Crippen LogP contribution in [0.4, 0.5) is 5.82 Å². The molecule has 1 fully saturated rings. The molecule has 0 bridgehead atoms. The Morgan fingerprint density at radius 3 is 2.71 bits per heavy atom. The van der Waals surface area contributed by atoms with Crippen molar-refractivity contribution in [3.05, 3.63) is 52.8 Å². The number of hydrogen-bond acceptors (Lipinski definition) is 4. The molecule has 5 nitrogen and oxygen atoms in total. The van der Waals surface area contributed by atoms with E-state index in [1.54, 1.807) is 0 Å². The lowest BCUT2D eigenvalue weighted by Gasteiger charge is -2.27. The highest BCUT2D eigenvalue weighted by Gasteiger charge is 2.29. The third-order valence-corrected chi connectivity index (χ3v) is 4.87. The maximum absolute atomic E-state index is 6.35. The summed E-state index contributed by atoms with van der Waals surface area (Å²) in [6.45, 7) is 5.08. The van der Waals surface area contributed by atoms with Crippen molar-refractivity contribution in [2.75, 3.05) is 11.9 Å². The second-order valence-corrected chi connectivity index (χ2v) is 7.45. The molecule has 0 unspecified atom stereocenters. The number of hydrogen-bond donors (Lipinski definition) is 1. The van der Waals surface area contributed by atoms with E-state index < -0.39 is 0 Å². The number of nitrogens with one attached hydrogen (secondary N) is 1. The van der Waals surface area contributed by atoms with Gasteiger partial charge in [0.15, 0.2) is 11.5 Å². The number of halogens is 1. The van der Waals surface area contributed by atoms with Crippen LogP contribution in [0.2, 0.25) is 5.02 Å². The Labute approximate surface area is 146 Å². The molecule has 0 aliphatic heterocycles. The van der Waals surface area contributed by atoms with Crippen molar-refractivity contribution in [2.45, 2.75) is 38.0 Å². The van der Waals surface area contributed by atoms with Crippen molar-refractivity contribution in [1.82, 2.24) is 19.8 Å². The molecule has 3 aromatic rings. The smallest absolute Gasteiger partial charge is 0.178 e. The van der Waals surface area contributed by atoms with Crippen molar-refractivity contribution >= 4 is 23.1 Å². The molecule has 0 radical (unpaired) electrons. The Hall–Kier alpha value is -2.14. The van der Waals surface area contributed by atoms with Gasteiger partial charge in [0.1, 0.15) is 5.82 Å². The fourth-order valence-electron chi connectivity index (χ4n) is 2.91. The van der Waals surface area contributed by atoms with E-state index in [4.69, 9.17) is 11.6 Å². The molecule has 1 aliphatic carbocycles. The zero-order chi connectivity index (χ0) is 16.7. The van der Waals surface area contributed by atoms with E-state index in [0.29, 0.717) is 5.92 Å². The van der Waals surface area contributed by atoms with Crippen LogP contribution in [0.1, 0.15) is 44.0 Å². The average molecular weight is 342 g/mol. The van der Waals surface area contributed by atoms with Gasteiger partial charge in [0.25, 0.3) is 0 Å². The molecule has 1 N–H and O–H groups in total. The van der Waals surface area contributed by atoms with Crippen LogP contribution in [0.3, 0.4) is 0 Å². The molecule has 124 valence electrons. The maximum Gasteiger partial charge on any atom is 0.178 e. The zero-order valence-corrected chi connectivity index (χ0v) is 14.6. The number of anilines is 1. The quantitative estimate of drug-likeness (QED) is 0.760. The Kier molecular flexibility index (Phi) is 3.68. The Morgan fingerprint density at radius 1 is 1.17 bits per heavy atom. The highest BCUT2D eigenvalue weighted by Crippen LogP contribution is 2.38. The predicted octanol–water partition coefficient (Wildman–Crippen LogP) is 4.04. The van der Waals surface area contributed by atoms with Gasteiger partial charge < -0.3 is 5.32 Å². The normalized spacial score (nSPS) is 15.0. The second kappa shape index (κ2) is 5.74. The average Bonchev–Trinajstić information content (AvgIpc) is 3.33. The molecule has 0 saturated heterocycles. The van der Waals surface area contributed by atoms with Gasteiger partial charge in [-0.25, -0.2) is 0 Å². The first kappa shape index (κ1) is 15.4. The van der Waals surface area contributed by atoms with E-state index in [1.807, 2.05) is 34.8 Å². The van der Waals surface area contributed by atoms with Crippen LogP contribution in [-0.4, -0.2) is 26.4 Å². The monoisotopic (exact) mass is 341 g/mol. The molecule has 24 heavy (non-hydrogen) atoms. The minimum absolute atomic E-state index is 0.110. The lowest BCUT2D eigenvalue weighted by atomic mass is 9.84. The maximum atomic E-state index is 6.35. The van der Waals surface area contributed by atoms with Gasteiger partial charge in [-0.2, -0.15) is 4.52 Å². The lowest BCUT2D eigenvalue weighted by molar-refractivity contribution is 0.555. The third-order valence-electron chi connectivity index (χ3n) is 4.54. The highest BCUT2D eigenvalue weighted by molar-refractivity contribution is 6.31. The first-order chi connectivity index (χ1) is 11.5. The van der Waals surface area contributed by atoms with Crippen molar-refractivity contribution in [1.29, 1.82) is 0 Å². The van der Waals surface area contributed by atoms with Crippen LogP contribution in [0.25, 0.3) is 5.65 Å². The van der Waals surface area contributed by atoms with Gasteiger partial charge in [-0.15, -0.1) is 15.3 Å². The number of rotatable bonds is 5. The second-order valence-electron chi connectivity index (χ2n) is 7.04. The van der Waals surface area contributed by atoms with E-state index in [2.05, 4.69) is 40.5 Å². The predicted molar refractivity (Wildman–Crippen MR) is 95.7 cm³/mol. The number of benzene rings is 1. The summed E-state index contributed by atoms with van der Waals surface area (Å²) in [5.74, 6) is 2.31. The Balaban J connectivity index is 1.56. The SMILES string of the molecule is CC(C)(CNc1ccc2nnc(C3CC3)n2n1)c1ccccc1Cl. The topological polar surface area (TPSA) is 55.1 Å². The standard InChI is InChI=1S/C18H20ClN5/c1-18(2,13-5-3-4-6-14(13)19)11-20-15-9-10-16-21-22-17(12-7-8-12)24(16)23-15/h3-6,9-10,12H,7-8,11H2,1-2H3,(H,20,23). The molecule has 0 amide bonds. The zero-order valence-electron chi connectivity index (χ0n) is 13.8.